The van der Waals surface area contributed by atoms with Crippen LogP contribution in [-0.4, -0.2) is 255 Å². The van der Waals surface area contributed by atoms with Gasteiger partial charge in [-0.15, -0.1) is 0 Å². The highest BCUT2D eigenvalue weighted by Crippen LogP contribution is 2.30. The van der Waals surface area contributed by atoms with Crippen LogP contribution in [0.1, 0.15) is 146 Å². The van der Waals surface area contributed by atoms with Crippen LogP contribution in [0.3, 0.4) is 0 Å². The third-order valence-corrected chi connectivity index (χ3v) is 23.2. The molecular weight excluding hydrogens is 1750 g/mol. The number of fused-ring (bicyclic) bond motifs is 3. The van der Waals surface area contributed by atoms with Crippen molar-refractivity contribution in [2.24, 2.45) is 34.8 Å². The lowest BCUT2D eigenvalue weighted by Crippen LogP contribution is -2.61. The predicted octanol–water partition coefficient (Wildman–Crippen LogP) is -0.165. The van der Waals surface area contributed by atoms with Gasteiger partial charge in [0.15, 0.2) is 11.5 Å². The number of nitrogens with two attached hydrogens (primary N) is 4. The van der Waals surface area contributed by atoms with Gasteiger partial charge in [0.2, 0.25) is 88.2 Å². The summed E-state index contributed by atoms with van der Waals surface area (Å²) in [5.74, 6) is -14.7. The number of aliphatic carboxylic acids is 1. The fraction of sp³-hybridized carbons (Fsp3) is 0.472. The van der Waals surface area contributed by atoms with Gasteiger partial charge in [-0.05, 0) is 159 Å². The maximum Gasteiger partial charge on any atom is 0.326 e. The van der Waals surface area contributed by atoms with Gasteiger partial charge in [0.1, 0.15) is 72.2 Å². The predicted molar refractivity (Wildman–Crippen MR) is 489 cm³/mol. The molecule has 2 aliphatic heterocycles. The zero-order chi connectivity index (χ0) is 97.7. The molecule has 12 atom stereocenters. The normalized spacial score (nSPS) is 15.8. The molecule has 0 unspecified atom stereocenters. The number of nitro benzene ring substituents is 1. The Morgan fingerprint density at radius 1 is 0.533 bits per heavy atom. The van der Waals surface area contributed by atoms with Gasteiger partial charge >= 0.3 is 11.7 Å². The Labute approximate surface area is 774 Å². The molecule has 135 heavy (non-hydrogen) atoms. The first-order valence-corrected chi connectivity index (χ1v) is 44.7. The topological polar surface area (TPSA) is 718 Å². The van der Waals surface area contributed by atoms with Crippen LogP contribution in [0.5, 0.6) is 5.75 Å². The van der Waals surface area contributed by atoms with Gasteiger partial charge in [0, 0.05) is 105 Å². The van der Waals surface area contributed by atoms with Gasteiger partial charge in [-0.25, -0.2) is 14.4 Å². The number of aromatic nitrogens is 6. The first-order chi connectivity index (χ1) is 64.5. The fourth-order valence-corrected chi connectivity index (χ4v) is 16.4. The highest BCUT2D eigenvalue weighted by molar-refractivity contribution is 6.01. The molecule has 0 bridgehead atoms. The number of benzene rings is 4. The number of non-ortho nitro benzene ring substituents is 1. The maximum atomic E-state index is 15.1. The molecule has 2 saturated heterocycles. The molecule has 46 nitrogen and oxygen atoms in total. The summed E-state index contributed by atoms with van der Waals surface area (Å²) in [4.78, 5) is 240. The monoisotopic (exact) mass is 1870 g/mol. The Morgan fingerprint density at radius 2 is 1.03 bits per heavy atom. The molecule has 724 valence electrons. The van der Waals surface area contributed by atoms with E-state index in [-0.39, 0.29) is 150 Å². The minimum Gasteiger partial charge on any atom is -0.508 e. The van der Waals surface area contributed by atoms with Crippen molar-refractivity contribution in [1.82, 2.24) is 98.5 Å². The lowest BCUT2D eigenvalue weighted by Gasteiger charge is -2.31. The zero-order valence-electron chi connectivity index (χ0n) is 75.2. The lowest BCUT2D eigenvalue weighted by atomic mass is 9.99. The number of carbonyl (C=O) groups excluding carboxylic acids is 14. The van der Waals surface area contributed by atoms with Gasteiger partial charge < -0.3 is 122 Å². The standard InChI is InChI=1S/C89H118N26O20/c1-47(2)36-64(108-82(125)66(40-51-43-99-58-17-8-6-15-55(51)58)109-83(126)67(41-52-44-95-46-101-52)106-77(120)56(90)39-50-42-98-57-16-7-5-14-54(50)57)80(123)103-61(27-30-72(91)117)79(122)107-65(37-48(3)4)81(124)105-62(19-11-33-97-89(93)94)86(129)113-34-12-20-70(113)84(127)100-45-74(119)102-63(28-31-73(92)118)87(130)114-35-13-21-71(114)85(128)104-60(78(121)110-68(88(131)132)38-49-22-24-53(116)25-23-49)18-9-10-32-96-59-26-29-69(115(133)134)76-75(59)111-135-112-76/h5-8,14-17,22-26,29,42-44,46-48,56,60-68,70-71,96,98-99,116H,9-13,18-21,27-28,30-41,45,90H2,1-4H3,(H2,91,117)(H2,92,118)(H,95,101)(H,100,127)(H,102,119)(H,103,123)(H,104,128)(H,105,124)(H,106,120)(H,107,122)(H,108,125)(H,109,126)(H,110,121)(H,131,132)(H4,93,94,97)/t56-,60-,61-,62-,63-,64-,65-,66-,67-,68-,70-,71-/m0/s1. The summed E-state index contributed by atoms with van der Waals surface area (Å²) in [7, 11) is 0. The number of anilines is 1. The van der Waals surface area contributed by atoms with E-state index in [0.717, 1.165) is 21.4 Å². The average molecular weight is 1870 g/mol. The number of unbranched alkanes of at least 4 members (excludes halogenated alkanes) is 1. The minimum atomic E-state index is -1.63. The fourth-order valence-electron chi connectivity index (χ4n) is 16.4. The molecule has 8 aromatic rings. The van der Waals surface area contributed by atoms with Crippen LogP contribution in [0.25, 0.3) is 32.8 Å². The molecule has 4 aromatic heterocycles. The van der Waals surface area contributed by atoms with Crippen LogP contribution in [0, 0.1) is 27.4 Å². The molecule has 10 rings (SSSR count). The molecule has 0 aliphatic carbocycles. The second kappa shape index (κ2) is 48.8. The van der Waals surface area contributed by atoms with Crippen LogP contribution in [0.15, 0.2) is 114 Å². The first-order valence-electron chi connectivity index (χ1n) is 44.7. The zero-order valence-corrected chi connectivity index (χ0v) is 75.2. The maximum absolute atomic E-state index is 15.1. The molecule has 0 spiro atoms. The Hall–Kier alpha value is -15.1. The van der Waals surface area contributed by atoms with Crippen LogP contribution in [-0.2, 0) is 97.6 Å². The van der Waals surface area contributed by atoms with Crippen LogP contribution in [0.2, 0.25) is 0 Å². The molecule has 0 radical (unpaired) electrons. The Kier molecular flexibility index (Phi) is 36.9. The highest BCUT2D eigenvalue weighted by Gasteiger charge is 2.43. The number of hydrogen-bond acceptors (Lipinski definition) is 25. The molecule has 6 heterocycles. The molecule has 2 fully saturated rings. The number of carbonyl (C=O) groups is 15. The number of nitrogens with zero attached hydrogens (tertiary/aromatic N) is 6. The van der Waals surface area contributed by atoms with Gasteiger partial charge in [-0.1, -0.05) is 76.2 Å². The number of phenolic OH excluding ortho intramolecular Hbond substituents is 1. The van der Waals surface area contributed by atoms with Gasteiger partial charge in [-0.3, -0.25) is 82.6 Å². The van der Waals surface area contributed by atoms with E-state index in [9.17, 15) is 82.7 Å². The highest BCUT2D eigenvalue weighted by atomic mass is 16.6. The van der Waals surface area contributed by atoms with Crippen molar-refractivity contribution in [1.29, 1.82) is 5.41 Å². The summed E-state index contributed by atoms with van der Waals surface area (Å²) in [6.07, 6.45) is 4.90. The number of aromatic amines is 3. The Bertz CT molecular complexity index is 5560. The molecule has 26 N–H and O–H groups in total. The summed E-state index contributed by atoms with van der Waals surface area (Å²) in [5, 5.41) is 80.9. The molecule has 4 aromatic carbocycles. The molecular formula is C89H118N26O20. The second-order valence-corrected chi connectivity index (χ2v) is 34.4. The third kappa shape index (κ3) is 29.4. The molecule has 0 saturated carbocycles. The average Bonchev–Trinajstić information content (AvgIpc) is 1.70. The van der Waals surface area contributed by atoms with Crippen molar-refractivity contribution in [2.45, 2.75) is 222 Å². The smallest absolute Gasteiger partial charge is 0.326 e. The Morgan fingerprint density at radius 3 is 1.59 bits per heavy atom. The summed E-state index contributed by atoms with van der Waals surface area (Å²) in [6, 6.07) is 5.87. The molecule has 2 aliphatic rings. The SMILES string of the molecule is CC(C)C[C@H](NC(=O)[C@H](Cc1c[nH]c2ccccc12)NC(=O)[C@H](Cc1c[nH]cn1)NC(=O)[C@@H](N)Cc1c[nH]c2ccccc12)C(=O)N[C@@H](CCC(N)=O)C(=O)N[C@@H](CC(C)C)C(=O)N[C@@H](CCCNC(=N)N)C(=O)N1CCC[C@H]1C(=O)NCC(=O)N[C@@H](CCC(N)=O)C(=O)N1CCC[C@H]1C(=O)N[C@@H](CCCCNc1ccc([N+](=O)[O-])c2nonc12)C(=O)N[C@@H](Cc1ccc(O)cc1)C(=O)O. The number of H-pyrrole nitrogens is 3. The van der Waals surface area contributed by atoms with E-state index < -0.39 is 204 Å². The van der Waals surface area contributed by atoms with Gasteiger partial charge in [0.25, 0.3) is 0 Å². The minimum absolute atomic E-state index is 0.0225. The van der Waals surface area contributed by atoms with Crippen molar-refractivity contribution < 1.29 is 91.7 Å². The third-order valence-electron chi connectivity index (χ3n) is 23.2. The van der Waals surface area contributed by atoms with Crippen molar-refractivity contribution in [2.75, 3.05) is 38.0 Å². The number of likely N-dealkylation sites (tertiary alicyclic amines) is 2. The van der Waals surface area contributed by atoms with Crippen molar-refractivity contribution in [3.05, 3.63) is 142 Å². The first kappa shape index (κ1) is 102. The number of guanidine groups is 1. The molecule has 14 amide bonds. The summed E-state index contributed by atoms with van der Waals surface area (Å²) in [6.45, 7) is 6.31. The van der Waals surface area contributed by atoms with Crippen LogP contribution < -0.4 is 86.7 Å². The number of carboxylic acids is 1. The number of aromatic hydroxyl groups is 1. The number of para-hydroxylation sites is 2. The number of carboxylic acid groups (broad SMARTS) is 1. The van der Waals surface area contributed by atoms with E-state index >= 15 is 9.59 Å². The van der Waals surface area contributed by atoms with Crippen molar-refractivity contribution in [3.63, 3.8) is 0 Å². The lowest BCUT2D eigenvalue weighted by molar-refractivity contribution is -0.383. The summed E-state index contributed by atoms with van der Waals surface area (Å²) < 4.78 is 4.76. The van der Waals surface area contributed by atoms with E-state index in [1.165, 1.54) is 53.8 Å². The van der Waals surface area contributed by atoms with Crippen LogP contribution in [0.4, 0.5) is 11.4 Å². The summed E-state index contributed by atoms with van der Waals surface area (Å²) in [5.41, 5.74) is 27.0. The number of nitro groups is 1. The number of phenols is 1. The van der Waals surface area contributed by atoms with E-state index in [1.54, 1.807) is 52.2 Å². The van der Waals surface area contributed by atoms with E-state index in [0.29, 0.717) is 39.8 Å². The van der Waals surface area contributed by atoms with Crippen molar-refractivity contribution >= 4 is 139 Å². The number of rotatable bonds is 52. The van der Waals surface area contributed by atoms with Crippen LogP contribution >= 0.6 is 0 Å². The molecule has 46 heteroatoms. The van der Waals surface area contributed by atoms with Gasteiger partial charge in [0.05, 0.1) is 35.2 Å². The van der Waals surface area contributed by atoms with E-state index in [2.05, 4.69) is 94.1 Å². The number of primary amides is 2. The number of imidazole rings is 1. The second-order valence-electron chi connectivity index (χ2n) is 34.4. The van der Waals surface area contributed by atoms with Crippen molar-refractivity contribution in [3.8, 4) is 5.75 Å². The quantitative estimate of drug-likeness (QED) is 0.00774. The summed E-state index contributed by atoms with van der Waals surface area (Å²) >= 11 is 0. The largest absolute Gasteiger partial charge is 0.508 e. The van der Waals surface area contributed by atoms with Gasteiger partial charge in [-0.2, -0.15) is 0 Å². The number of nitrogens with one attached hydrogen (secondary N) is 16. The van der Waals surface area contributed by atoms with E-state index in [4.69, 9.17) is 33.0 Å². The number of hydrogen-bond donors (Lipinski definition) is 22. The Balaban J connectivity index is 0.793. The number of amides is 14. The van der Waals surface area contributed by atoms with E-state index in [1.807, 2.05) is 36.4 Å².